The van der Waals surface area contributed by atoms with Crippen molar-refractivity contribution in [1.82, 2.24) is 10.3 Å². The number of aromatic nitrogens is 1. The summed E-state index contributed by atoms with van der Waals surface area (Å²) < 4.78 is 0. The van der Waals surface area contributed by atoms with Gasteiger partial charge >= 0.3 is 0 Å². The van der Waals surface area contributed by atoms with Crippen LogP contribution >= 0.6 is 36.2 Å². The summed E-state index contributed by atoms with van der Waals surface area (Å²) in [6.45, 7) is 4.42. The average Bonchev–Trinajstić information content (AvgIpc) is 2.82. The number of aryl methyl sites for hydroxylation is 2. The van der Waals surface area contributed by atoms with Crippen molar-refractivity contribution in [2.24, 2.45) is 5.73 Å². The lowest BCUT2D eigenvalue weighted by atomic mass is 10.1. The summed E-state index contributed by atoms with van der Waals surface area (Å²) in [5.41, 5.74) is 7.91. The van der Waals surface area contributed by atoms with E-state index >= 15 is 0 Å². The van der Waals surface area contributed by atoms with Crippen molar-refractivity contribution in [3.63, 3.8) is 0 Å². The average molecular weight is 348 g/mol. The normalized spacial score (nSPS) is 11.0. The Morgan fingerprint density at radius 3 is 2.43 bits per heavy atom. The number of hydrogen-bond donors (Lipinski definition) is 2. The molecule has 0 aliphatic rings. The molecule has 0 bridgehead atoms. The van der Waals surface area contributed by atoms with Crippen molar-refractivity contribution < 1.29 is 4.79 Å². The molecule has 4 nitrogen and oxygen atoms in total. The summed E-state index contributed by atoms with van der Waals surface area (Å²) >= 11 is 1.57. The number of carbonyl (C=O) groups is 1. The lowest BCUT2D eigenvalue weighted by Crippen LogP contribution is -2.33. The first-order valence-corrected chi connectivity index (χ1v) is 6.89. The summed E-state index contributed by atoms with van der Waals surface area (Å²) in [7, 11) is 0. The molecule has 0 aliphatic heterocycles. The highest BCUT2D eigenvalue weighted by Gasteiger charge is 2.15. The zero-order valence-electron chi connectivity index (χ0n) is 11.8. The van der Waals surface area contributed by atoms with Crippen molar-refractivity contribution in [3.05, 3.63) is 51.5 Å². The maximum absolute atomic E-state index is 12.0. The molecule has 1 aromatic heterocycles. The number of hydrogen-bond acceptors (Lipinski definition) is 4. The maximum atomic E-state index is 12.0. The minimum atomic E-state index is -0.630. The molecule has 7 heteroatoms. The molecule has 2 rings (SSSR count). The van der Waals surface area contributed by atoms with Gasteiger partial charge in [0.05, 0.1) is 11.6 Å². The molecule has 0 fully saturated rings. The molecular weight excluding hydrogens is 329 g/mol. The van der Waals surface area contributed by atoms with Gasteiger partial charge in [-0.15, -0.1) is 36.2 Å². The van der Waals surface area contributed by atoms with Gasteiger partial charge < -0.3 is 11.1 Å². The topological polar surface area (TPSA) is 68.0 Å². The molecule has 2 aromatic rings. The van der Waals surface area contributed by atoms with Gasteiger partial charge in [-0.05, 0) is 19.4 Å². The second-order valence-electron chi connectivity index (χ2n) is 4.45. The monoisotopic (exact) mass is 347 g/mol. The van der Waals surface area contributed by atoms with E-state index in [4.69, 9.17) is 5.73 Å². The van der Waals surface area contributed by atoms with E-state index in [9.17, 15) is 4.79 Å². The highest BCUT2D eigenvalue weighted by atomic mass is 35.5. The van der Waals surface area contributed by atoms with Gasteiger partial charge in [0.15, 0.2) is 0 Å². The third kappa shape index (κ3) is 5.63. The predicted molar refractivity (Wildman–Crippen MR) is 91.3 cm³/mol. The molecule has 0 aliphatic carbocycles. The number of benzene rings is 1. The fourth-order valence-corrected chi connectivity index (χ4v) is 2.43. The minimum absolute atomic E-state index is 0. The Labute approximate surface area is 141 Å². The largest absolute Gasteiger partial charge is 0.349 e. The van der Waals surface area contributed by atoms with Crippen molar-refractivity contribution in [2.75, 3.05) is 0 Å². The van der Waals surface area contributed by atoms with Crippen molar-refractivity contribution >= 4 is 42.1 Å². The summed E-state index contributed by atoms with van der Waals surface area (Å²) in [5.74, 6) is -0.171. The van der Waals surface area contributed by atoms with Crippen LogP contribution in [0.1, 0.15) is 27.1 Å². The summed E-state index contributed by atoms with van der Waals surface area (Å²) in [4.78, 5) is 17.1. The fourth-order valence-electron chi connectivity index (χ4n) is 1.70. The van der Waals surface area contributed by atoms with Crippen molar-refractivity contribution in [3.8, 4) is 0 Å². The highest BCUT2D eigenvalue weighted by molar-refractivity contribution is 7.11. The third-order valence-electron chi connectivity index (χ3n) is 2.82. The standard InChI is InChI=1S/C14H17N3OS.2ClH/c1-9-3-5-11(6-4-9)13(15)14(18)17-8-12-7-16-10(2)19-12;;/h3-7,13H,8,15H2,1-2H3,(H,17,18);2*1H. The number of rotatable bonds is 4. The van der Waals surface area contributed by atoms with Crippen LogP contribution in [0.3, 0.4) is 0 Å². The molecule has 0 radical (unpaired) electrons. The number of carbonyl (C=O) groups excluding carboxylic acids is 1. The van der Waals surface area contributed by atoms with Crippen molar-refractivity contribution in [1.29, 1.82) is 0 Å². The second-order valence-corrected chi connectivity index (χ2v) is 5.77. The Kier molecular flexibility index (Phi) is 8.51. The van der Waals surface area contributed by atoms with E-state index in [1.54, 1.807) is 17.5 Å². The molecular formula is C14H19Cl2N3OS. The number of nitrogens with one attached hydrogen (secondary N) is 1. The van der Waals surface area contributed by atoms with Crippen LogP contribution in [-0.2, 0) is 11.3 Å². The van der Waals surface area contributed by atoms with Gasteiger partial charge in [0, 0.05) is 11.1 Å². The Morgan fingerprint density at radius 2 is 1.90 bits per heavy atom. The summed E-state index contributed by atoms with van der Waals surface area (Å²) in [6, 6.07) is 7.05. The van der Waals surface area contributed by atoms with Gasteiger partial charge in [0.2, 0.25) is 5.91 Å². The second kappa shape index (κ2) is 9.00. The van der Waals surface area contributed by atoms with Gasteiger partial charge in [-0.1, -0.05) is 29.8 Å². The van der Waals surface area contributed by atoms with Crippen molar-refractivity contribution in [2.45, 2.75) is 26.4 Å². The van der Waals surface area contributed by atoms with Crippen LogP contribution in [0.4, 0.5) is 0 Å². The highest BCUT2D eigenvalue weighted by Crippen LogP contribution is 2.13. The van der Waals surface area contributed by atoms with E-state index in [-0.39, 0.29) is 30.7 Å². The van der Waals surface area contributed by atoms with Crippen LogP contribution in [0.15, 0.2) is 30.5 Å². The van der Waals surface area contributed by atoms with Gasteiger partial charge in [0.25, 0.3) is 0 Å². The number of nitrogens with zero attached hydrogens (tertiary/aromatic N) is 1. The predicted octanol–water partition coefficient (Wildman–Crippen LogP) is 2.92. The van der Waals surface area contributed by atoms with Crippen LogP contribution in [0.2, 0.25) is 0 Å². The molecule has 0 spiro atoms. The minimum Gasteiger partial charge on any atom is -0.349 e. The molecule has 1 heterocycles. The molecule has 3 N–H and O–H groups in total. The SMILES string of the molecule is Cc1ccc(C(N)C(=O)NCc2cnc(C)s2)cc1.Cl.Cl. The van der Waals surface area contributed by atoms with E-state index in [0.29, 0.717) is 6.54 Å². The Morgan fingerprint density at radius 1 is 1.29 bits per heavy atom. The Hall–Kier alpha value is -1.14. The number of halogens is 2. The number of amides is 1. The summed E-state index contributed by atoms with van der Waals surface area (Å²) in [6.07, 6.45) is 1.78. The Bertz CT molecular complexity index is 572. The fraction of sp³-hybridized carbons (Fsp3) is 0.286. The number of thiazole rings is 1. The van der Waals surface area contributed by atoms with E-state index in [2.05, 4.69) is 10.3 Å². The van der Waals surface area contributed by atoms with E-state index < -0.39 is 6.04 Å². The van der Waals surface area contributed by atoms with Gasteiger partial charge in [-0.2, -0.15) is 0 Å². The quantitative estimate of drug-likeness (QED) is 0.893. The smallest absolute Gasteiger partial charge is 0.241 e. The molecule has 0 saturated heterocycles. The van der Waals surface area contributed by atoms with Crippen LogP contribution in [0.5, 0.6) is 0 Å². The van der Waals surface area contributed by atoms with Crippen LogP contribution < -0.4 is 11.1 Å². The zero-order valence-corrected chi connectivity index (χ0v) is 14.3. The van der Waals surface area contributed by atoms with Gasteiger partial charge in [-0.3, -0.25) is 4.79 Å². The molecule has 1 amide bonds. The zero-order chi connectivity index (χ0) is 13.8. The summed E-state index contributed by atoms with van der Waals surface area (Å²) in [5, 5.41) is 3.82. The molecule has 1 unspecified atom stereocenters. The maximum Gasteiger partial charge on any atom is 0.241 e. The van der Waals surface area contributed by atoms with E-state index in [0.717, 1.165) is 21.0 Å². The van der Waals surface area contributed by atoms with E-state index in [1.165, 1.54) is 0 Å². The van der Waals surface area contributed by atoms with E-state index in [1.807, 2.05) is 38.1 Å². The first-order valence-electron chi connectivity index (χ1n) is 6.07. The van der Waals surface area contributed by atoms with Crippen LogP contribution in [-0.4, -0.2) is 10.9 Å². The van der Waals surface area contributed by atoms with Gasteiger partial charge in [-0.25, -0.2) is 4.98 Å². The molecule has 1 aromatic carbocycles. The lowest BCUT2D eigenvalue weighted by Gasteiger charge is -2.12. The number of nitrogens with two attached hydrogens (primary N) is 1. The first-order chi connectivity index (χ1) is 9.06. The van der Waals surface area contributed by atoms with Crippen LogP contribution in [0.25, 0.3) is 0 Å². The van der Waals surface area contributed by atoms with Gasteiger partial charge in [0.1, 0.15) is 6.04 Å². The molecule has 1 atom stereocenters. The van der Waals surface area contributed by atoms with Crippen LogP contribution in [0, 0.1) is 13.8 Å². The molecule has 0 saturated carbocycles. The molecule has 116 valence electrons. The lowest BCUT2D eigenvalue weighted by molar-refractivity contribution is -0.122. The third-order valence-corrected chi connectivity index (χ3v) is 3.74. The first kappa shape index (κ1) is 19.9. The Balaban J connectivity index is 0.00000200. The molecule has 21 heavy (non-hydrogen) atoms.